The molecule has 0 unspecified atom stereocenters. The molecule has 0 saturated carbocycles. The second-order valence-corrected chi connectivity index (χ2v) is 4.46. The Morgan fingerprint density at radius 1 is 1.00 bits per heavy atom. The van der Waals surface area contributed by atoms with Crippen LogP contribution in [0.1, 0.15) is 20.7 Å². The van der Waals surface area contributed by atoms with Crippen LogP contribution >= 0.6 is 0 Å². The summed E-state index contributed by atoms with van der Waals surface area (Å²) in [6.45, 7) is 0. The van der Waals surface area contributed by atoms with Crippen molar-refractivity contribution < 1.29 is 23.8 Å². The van der Waals surface area contributed by atoms with Gasteiger partial charge >= 0.3 is 0 Å². The van der Waals surface area contributed by atoms with E-state index < -0.39 is 17.4 Å². The van der Waals surface area contributed by atoms with Crippen molar-refractivity contribution in [2.45, 2.75) is 0 Å². The molecular formula is C16H9FO4. The zero-order valence-electron chi connectivity index (χ0n) is 10.7. The molecule has 104 valence electrons. The van der Waals surface area contributed by atoms with Crippen LogP contribution in [0.25, 0.3) is 0 Å². The van der Waals surface area contributed by atoms with Crippen LogP contribution in [0.5, 0.6) is 11.5 Å². The van der Waals surface area contributed by atoms with Gasteiger partial charge in [0.1, 0.15) is 17.3 Å². The Labute approximate surface area is 119 Å². The maximum absolute atomic E-state index is 12.8. The molecule has 0 bridgehead atoms. The van der Waals surface area contributed by atoms with Crippen LogP contribution in [0.2, 0.25) is 0 Å². The van der Waals surface area contributed by atoms with Gasteiger partial charge < -0.3 is 9.84 Å². The Morgan fingerprint density at radius 3 is 2.43 bits per heavy atom. The molecule has 21 heavy (non-hydrogen) atoms. The number of Topliss-reactive ketones (excluding diaryl/α,β-unsaturated/α-hetero) is 1. The number of allylic oxidation sites excluding steroid dienone is 2. The molecule has 4 nitrogen and oxygen atoms in total. The van der Waals surface area contributed by atoms with E-state index in [1.807, 2.05) is 0 Å². The average molecular weight is 284 g/mol. The molecule has 0 radical (unpaired) electrons. The molecule has 0 amide bonds. The van der Waals surface area contributed by atoms with E-state index in [1.54, 1.807) is 0 Å². The van der Waals surface area contributed by atoms with E-state index >= 15 is 0 Å². The Kier molecular flexibility index (Phi) is 3.02. The Bertz CT molecular complexity index is 775. The summed E-state index contributed by atoms with van der Waals surface area (Å²) in [6, 6.07) is 9.33. The van der Waals surface area contributed by atoms with Crippen molar-refractivity contribution in [1.29, 1.82) is 0 Å². The molecule has 0 fully saturated rings. The summed E-state index contributed by atoms with van der Waals surface area (Å²) in [6.07, 6.45) is 1.02. The van der Waals surface area contributed by atoms with Crippen molar-refractivity contribution >= 4 is 11.6 Å². The number of ether oxygens (including phenoxy) is 1. The van der Waals surface area contributed by atoms with Gasteiger partial charge in [0.15, 0.2) is 11.5 Å². The summed E-state index contributed by atoms with van der Waals surface area (Å²) >= 11 is 0. The van der Waals surface area contributed by atoms with Crippen LogP contribution in [-0.4, -0.2) is 16.7 Å². The molecule has 3 rings (SSSR count). The van der Waals surface area contributed by atoms with Crippen LogP contribution < -0.4 is 4.74 Å². The van der Waals surface area contributed by atoms with Crippen molar-refractivity contribution in [2.24, 2.45) is 0 Å². The highest BCUT2D eigenvalue weighted by atomic mass is 19.1. The van der Waals surface area contributed by atoms with E-state index in [4.69, 9.17) is 4.74 Å². The SMILES string of the molecule is O=C1C(Oc2ccc(F)cc2)=CC(=O)c2c(O)cccc21. The van der Waals surface area contributed by atoms with E-state index in [0.29, 0.717) is 0 Å². The van der Waals surface area contributed by atoms with Crippen LogP contribution in [0.3, 0.4) is 0 Å². The number of carbonyl (C=O) groups excluding carboxylic acids is 2. The Hall–Kier alpha value is -2.95. The van der Waals surface area contributed by atoms with Crippen LogP contribution in [0, 0.1) is 5.82 Å². The quantitative estimate of drug-likeness (QED) is 0.921. The van der Waals surface area contributed by atoms with Crippen molar-refractivity contribution in [2.75, 3.05) is 0 Å². The summed E-state index contributed by atoms with van der Waals surface area (Å²) in [5.74, 6) is -1.62. The molecule has 1 N–H and O–H groups in total. The lowest BCUT2D eigenvalue weighted by Crippen LogP contribution is -2.20. The predicted octanol–water partition coefficient (Wildman–Crippen LogP) is 2.87. The second-order valence-electron chi connectivity index (χ2n) is 4.46. The Morgan fingerprint density at radius 2 is 1.71 bits per heavy atom. The van der Waals surface area contributed by atoms with Crippen molar-refractivity contribution in [1.82, 2.24) is 0 Å². The number of benzene rings is 2. The lowest BCUT2D eigenvalue weighted by atomic mass is 9.93. The first-order valence-electron chi connectivity index (χ1n) is 6.12. The lowest BCUT2D eigenvalue weighted by molar-refractivity contribution is 0.0945. The first-order chi connectivity index (χ1) is 10.1. The largest absolute Gasteiger partial charge is 0.507 e. The van der Waals surface area contributed by atoms with Crippen LogP contribution in [-0.2, 0) is 0 Å². The summed E-state index contributed by atoms with van der Waals surface area (Å²) in [4.78, 5) is 24.2. The minimum absolute atomic E-state index is 0.0334. The monoisotopic (exact) mass is 284 g/mol. The highest BCUT2D eigenvalue weighted by Crippen LogP contribution is 2.29. The number of phenols is 1. The van der Waals surface area contributed by atoms with Crippen molar-refractivity contribution in [3.05, 3.63) is 71.2 Å². The molecule has 0 aliphatic heterocycles. The molecule has 5 heteroatoms. The van der Waals surface area contributed by atoms with Gasteiger partial charge in [0, 0.05) is 11.6 Å². The predicted molar refractivity (Wildman–Crippen MR) is 71.9 cm³/mol. The lowest BCUT2D eigenvalue weighted by Gasteiger charge is -2.16. The summed E-state index contributed by atoms with van der Waals surface area (Å²) in [7, 11) is 0. The number of carbonyl (C=O) groups is 2. The van der Waals surface area contributed by atoms with Gasteiger partial charge in [0.05, 0.1) is 5.56 Å². The summed E-state index contributed by atoms with van der Waals surface area (Å²) in [5.41, 5.74) is 0.0496. The smallest absolute Gasteiger partial charge is 0.229 e. The third kappa shape index (κ3) is 2.29. The molecular weight excluding hydrogens is 275 g/mol. The number of ketones is 2. The fourth-order valence-electron chi connectivity index (χ4n) is 2.08. The zero-order chi connectivity index (χ0) is 15.0. The van der Waals surface area contributed by atoms with Crippen molar-refractivity contribution in [3.63, 3.8) is 0 Å². The molecule has 0 spiro atoms. The van der Waals surface area contributed by atoms with E-state index in [9.17, 15) is 19.1 Å². The van der Waals surface area contributed by atoms with Crippen LogP contribution in [0.4, 0.5) is 4.39 Å². The maximum Gasteiger partial charge on any atom is 0.229 e. The molecule has 0 aromatic heterocycles. The number of hydrogen-bond donors (Lipinski definition) is 1. The third-order valence-electron chi connectivity index (χ3n) is 3.06. The highest BCUT2D eigenvalue weighted by molar-refractivity contribution is 6.24. The van der Waals surface area contributed by atoms with Crippen molar-refractivity contribution in [3.8, 4) is 11.5 Å². The molecule has 2 aromatic rings. The fourth-order valence-corrected chi connectivity index (χ4v) is 2.08. The minimum atomic E-state index is -0.514. The second kappa shape index (κ2) is 4.86. The van der Waals surface area contributed by atoms with Gasteiger partial charge in [-0.1, -0.05) is 6.07 Å². The van der Waals surface area contributed by atoms with E-state index in [2.05, 4.69) is 0 Å². The molecule has 0 atom stereocenters. The zero-order valence-corrected chi connectivity index (χ0v) is 10.7. The fraction of sp³-hybridized carbons (Fsp3) is 0. The molecule has 0 saturated heterocycles. The van der Waals surface area contributed by atoms with Gasteiger partial charge in [0.25, 0.3) is 0 Å². The van der Waals surface area contributed by atoms with Crippen LogP contribution in [0.15, 0.2) is 54.3 Å². The van der Waals surface area contributed by atoms with E-state index in [-0.39, 0.29) is 28.4 Å². The Balaban J connectivity index is 1.97. The molecule has 1 aliphatic carbocycles. The van der Waals surface area contributed by atoms with Gasteiger partial charge in [0.2, 0.25) is 5.78 Å². The first-order valence-corrected chi connectivity index (χ1v) is 6.12. The first kappa shape index (κ1) is 13.1. The average Bonchev–Trinajstić information content (AvgIpc) is 2.46. The van der Waals surface area contributed by atoms with Gasteiger partial charge in [-0.05, 0) is 36.4 Å². The van der Waals surface area contributed by atoms with Gasteiger partial charge in [-0.25, -0.2) is 4.39 Å². The topological polar surface area (TPSA) is 63.6 Å². The number of halogens is 1. The summed E-state index contributed by atoms with van der Waals surface area (Å²) in [5, 5.41) is 9.67. The third-order valence-corrected chi connectivity index (χ3v) is 3.06. The number of fused-ring (bicyclic) bond motifs is 1. The van der Waals surface area contributed by atoms with Gasteiger partial charge in [-0.15, -0.1) is 0 Å². The maximum atomic E-state index is 12.8. The van der Waals surface area contributed by atoms with Gasteiger partial charge in [-0.2, -0.15) is 0 Å². The number of phenolic OH excluding ortho intramolecular Hbond substituents is 1. The number of aromatic hydroxyl groups is 1. The molecule has 2 aromatic carbocycles. The standard InChI is InChI=1S/C16H9FO4/c17-9-4-6-10(7-5-9)21-14-8-13(19)15-11(16(14)20)2-1-3-12(15)18/h1-8,18H. The molecule has 0 heterocycles. The minimum Gasteiger partial charge on any atom is -0.507 e. The molecule has 1 aliphatic rings. The van der Waals surface area contributed by atoms with E-state index in [1.165, 1.54) is 42.5 Å². The number of rotatable bonds is 2. The van der Waals surface area contributed by atoms with E-state index in [0.717, 1.165) is 6.08 Å². The normalized spacial score (nSPS) is 13.7. The highest BCUT2D eigenvalue weighted by Gasteiger charge is 2.29. The summed E-state index contributed by atoms with van der Waals surface area (Å²) < 4.78 is 18.2. The number of hydrogen-bond acceptors (Lipinski definition) is 4. The van der Waals surface area contributed by atoms with Gasteiger partial charge in [-0.3, -0.25) is 9.59 Å².